The van der Waals surface area contributed by atoms with E-state index in [2.05, 4.69) is 84.6 Å². The molecule has 0 fully saturated rings. The molecule has 2 atom stereocenters. The molecule has 6 heteroatoms. The quantitative estimate of drug-likeness (QED) is 0.190. The molecule has 0 saturated carbocycles. The minimum absolute atomic E-state index is 0.0221. The Morgan fingerprint density at radius 2 is 1.52 bits per heavy atom. The van der Waals surface area contributed by atoms with Crippen molar-refractivity contribution in [3.05, 3.63) is 126 Å². The first-order chi connectivity index (χ1) is 20.3. The van der Waals surface area contributed by atoms with E-state index >= 15 is 0 Å². The maximum atomic E-state index is 13.9. The number of aromatic amines is 1. The van der Waals surface area contributed by atoms with E-state index in [9.17, 15) is 9.90 Å². The number of aliphatic hydroxyl groups is 1. The third-order valence-corrected chi connectivity index (χ3v) is 11.5. The molecular weight excluding hydrogens is 535 g/mol. The summed E-state index contributed by atoms with van der Waals surface area (Å²) in [5, 5.41) is 18.1. The van der Waals surface area contributed by atoms with Crippen LogP contribution in [0, 0.1) is 5.92 Å². The molecule has 6 rings (SSSR count). The van der Waals surface area contributed by atoms with E-state index in [0.717, 1.165) is 33.9 Å². The van der Waals surface area contributed by atoms with E-state index < -0.39 is 14.9 Å². The number of hydrogen-bond acceptors (Lipinski definition) is 4. The lowest BCUT2D eigenvalue weighted by molar-refractivity contribution is 0.0758. The molecule has 3 aromatic carbocycles. The number of Topliss-reactive ketones (excluding diaryl/α,β-unsaturated/α-hetero) is 1. The first kappa shape index (κ1) is 27.9. The molecule has 5 aromatic rings. The Morgan fingerprint density at radius 1 is 0.881 bits per heavy atom. The highest BCUT2D eigenvalue weighted by Crippen LogP contribution is 2.42. The standard InChI is InChI=1S/C36H36N3O2Si/c1-36(2,3)42(27-14-8-5-9-15-27)31-17-11-10-16-28(31)35(41)25-22-29-32(30(40)23-25)34(38-26-12-6-4-7-13-26)33(39-29)24-18-20-37-21-19-24/h4-21,25,35,38-39,41H,22-23H2,1-3H3. The van der Waals surface area contributed by atoms with Crippen LogP contribution in [0.25, 0.3) is 11.3 Å². The number of pyridine rings is 1. The first-order valence-electron chi connectivity index (χ1n) is 14.5. The van der Waals surface area contributed by atoms with Gasteiger partial charge in [-0.3, -0.25) is 9.78 Å². The van der Waals surface area contributed by atoms with Crippen molar-refractivity contribution in [2.24, 2.45) is 5.92 Å². The van der Waals surface area contributed by atoms with Gasteiger partial charge in [-0.15, -0.1) is 0 Å². The highest BCUT2D eigenvalue weighted by molar-refractivity contribution is 6.87. The summed E-state index contributed by atoms with van der Waals surface area (Å²) in [4.78, 5) is 21.7. The van der Waals surface area contributed by atoms with Gasteiger partial charge in [0, 0.05) is 41.7 Å². The normalized spacial score (nSPS) is 15.8. The number of nitrogens with one attached hydrogen (secondary N) is 2. The minimum atomic E-state index is -1.24. The van der Waals surface area contributed by atoms with Crippen LogP contribution in [-0.4, -0.2) is 29.7 Å². The molecule has 0 amide bonds. The average Bonchev–Trinajstić information content (AvgIpc) is 3.36. The van der Waals surface area contributed by atoms with Gasteiger partial charge >= 0.3 is 0 Å². The zero-order chi connectivity index (χ0) is 29.3. The molecule has 5 nitrogen and oxygen atoms in total. The van der Waals surface area contributed by atoms with Crippen LogP contribution in [0.15, 0.2) is 109 Å². The number of aromatic nitrogens is 2. The van der Waals surface area contributed by atoms with Gasteiger partial charge in [0.1, 0.15) is 8.80 Å². The summed E-state index contributed by atoms with van der Waals surface area (Å²) >= 11 is 0. The van der Waals surface area contributed by atoms with Crippen molar-refractivity contribution in [3.63, 3.8) is 0 Å². The Kier molecular flexibility index (Phi) is 7.67. The van der Waals surface area contributed by atoms with E-state index in [1.165, 1.54) is 10.4 Å². The molecule has 0 saturated heterocycles. The van der Waals surface area contributed by atoms with Crippen molar-refractivity contribution in [1.29, 1.82) is 0 Å². The second-order valence-corrected chi connectivity index (χ2v) is 15.4. The predicted molar refractivity (Wildman–Crippen MR) is 172 cm³/mol. The van der Waals surface area contributed by atoms with Crippen LogP contribution in [0.2, 0.25) is 5.04 Å². The molecule has 211 valence electrons. The van der Waals surface area contributed by atoms with Gasteiger partial charge < -0.3 is 15.4 Å². The van der Waals surface area contributed by atoms with Crippen LogP contribution in [0.5, 0.6) is 0 Å². The van der Waals surface area contributed by atoms with Gasteiger partial charge in [-0.05, 0) is 46.5 Å². The van der Waals surface area contributed by atoms with Crippen LogP contribution < -0.4 is 15.7 Å². The van der Waals surface area contributed by atoms with Crippen molar-refractivity contribution in [3.8, 4) is 11.3 Å². The maximum Gasteiger partial charge on any atom is 0.167 e. The predicted octanol–water partition coefficient (Wildman–Crippen LogP) is 6.71. The molecule has 0 bridgehead atoms. The second-order valence-electron chi connectivity index (χ2n) is 12.1. The molecule has 3 N–H and O–H groups in total. The molecule has 2 heterocycles. The third kappa shape index (κ3) is 5.48. The van der Waals surface area contributed by atoms with E-state index in [1.807, 2.05) is 48.5 Å². The number of carbonyl (C=O) groups excluding carboxylic acids is 1. The number of fused-ring (bicyclic) bond motifs is 1. The molecule has 42 heavy (non-hydrogen) atoms. The Bertz CT molecular complexity index is 1680. The lowest BCUT2D eigenvalue weighted by atomic mass is 9.81. The number of carbonyl (C=O) groups is 1. The van der Waals surface area contributed by atoms with Crippen LogP contribution in [0.1, 0.15) is 54.9 Å². The number of rotatable bonds is 7. The van der Waals surface area contributed by atoms with Crippen molar-refractivity contribution >= 4 is 36.3 Å². The van der Waals surface area contributed by atoms with Gasteiger partial charge in [0.05, 0.1) is 23.0 Å². The number of ketones is 1. The van der Waals surface area contributed by atoms with Gasteiger partial charge in [-0.2, -0.15) is 0 Å². The van der Waals surface area contributed by atoms with Crippen LogP contribution in [0.4, 0.5) is 11.4 Å². The van der Waals surface area contributed by atoms with E-state index in [0.29, 0.717) is 12.0 Å². The number of aliphatic hydroxyl groups excluding tert-OH is 1. The number of nitrogens with zero attached hydrogens (tertiary/aromatic N) is 1. The Labute approximate surface area is 249 Å². The zero-order valence-corrected chi connectivity index (χ0v) is 25.3. The molecule has 2 unspecified atom stereocenters. The molecule has 2 aromatic heterocycles. The number of H-pyrrole nitrogens is 1. The highest BCUT2D eigenvalue weighted by atomic mass is 28.3. The molecule has 0 aliphatic heterocycles. The van der Waals surface area contributed by atoms with Gasteiger partial charge in [0.15, 0.2) is 5.78 Å². The number of benzene rings is 3. The summed E-state index contributed by atoms with van der Waals surface area (Å²) in [6, 6.07) is 32.8. The molecule has 0 spiro atoms. The highest BCUT2D eigenvalue weighted by Gasteiger charge is 2.38. The maximum absolute atomic E-state index is 13.9. The first-order valence-corrected chi connectivity index (χ1v) is 16.0. The van der Waals surface area contributed by atoms with Crippen LogP contribution in [-0.2, 0) is 6.42 Å². The Balaban J connectivity index is 1.38. The van der Waals surface area contributed by atoms with Crippen molar-refractivity contribution in [1.82, 2.24) is 9.97 Å². The number of para-hydroxylation sites is 1. The van der Waals surface area contributed by atoms with Crippen molar-refractivity contribution in [2.75, 3.05) is 5.32 Å². The summed E-state index contributed by atoms with van der Waals surface area (Å²) in [5.41, 5.74) is 5.99. The van der Waals surface area contributed by atoms with Crippen molar-refractivity contribution in [2.45, 2.75) is 44.8 Å². The summed E-state index contributed by atoms with van der Waals surface area (Å²) in [5.74, 6) is -0.198. The topological polar surface area (TPSA) is 78.0 Å². The molecule has 1 radical (unpaired) electrons. The van der Waals surface area contributed by atoms with Gasteiger partial charge in [-0.25, -0.2) is 0 Å². The van der Waals surface area contributed by atoms with E-state index in [-0.39, 0.29) is 23.2 Å². The van der Waals surface area contributed by atoms with E-state index in [4.69, 9.17) is 0 Å². The third-order valence-electron chi connectivity index (χ3n) is 8.09. The summed E-state index contributed by atoms with van der Waals surface area (Å²) in [7, 11) is -1.24. The fraction of sp³-hybridized carbons (Fsp3) is 0.222. The monoisotopic (exact) mass is 570 g/mol. The van der Waals surface area contributed by atoms with Crippen LogP contribution >= 0.6 is 0 Å². The van der Waals surface area contributed by atoms with Crippen LogP contribution in [0.3, 0.4) is 0 Å². The number of hydrogen-bond donors (Lipinski definition) is 3. The average molecular weight is 571 g/mol. The SMILES string of the molecule is CC(C)(C)[Si](c1ccccc1)c1ccccc1C(O)C1CC(=O)c2c([nH]c(-c3ccncc3)c2Nc2ccccc2)C1. The second kappa shape index (κ2) is 11.5. The fourth-order valence-electron chi connectivity index (χ4n) is 6.27. The lowest BCUT2D eigenvalue weighted by Gasteiger charge is -2.34. The summed E-state index contributed by atoms with van der Waals surface area (Å²) < 4.78 is 0. The summed E-state index contributed by atoms with van der Waals surface area (Å²) in [6.07, 6.45) is 3.61. The van der Waals surface area contributed by atoms with Gasteiger partial charge in [0.2, 0.25) is 0 Å². The van der Waals surface area contributed by atoms with Crippen molar-refractivity contribution < 1.29 is 9.90 Å². The molecule has 1 aliphatic carbocycles. The summed E-state index contributed by atoms with van der Waals surface area (Å²) in [6.45, 7) is 6.86. The molecule has 1 aliphatic rings. The minimum Gasteiger partial charge on any atom is -0.388 e. The number of anilines is 2. The fourth-order valence-corrected chi connectivity index (χ4v) is 9.56. The Hall–Kier alpha value is -4.26. The van der Waals surface area contributed by atoms with Gasteiger partial charge in [0.25, 0.3) is 0 Å². The Morgan fingerprint density at radius 3 is 2.21 bits per heavy atom. The smallest absolute Gasteiger partial charge is 0.167 e. The largest absolute Gasteiger partial charge is 0.388 e. The lowest BCUT2D eigenvalue weighted by Crippen LogP contribution is -2.51. The van der Waals surface area contributed by atoms with E-state index in [1.54, 1.807) is 12.4 Å². The van der Waals surface area contributed by atoms with Gasteiger partial charge in [-0.1, -0.05) is 98.8 Å². The molecular formula is C36H36N3O2Si. The zero-order valence-electron chi connectivity index (χ0n) is 24.3.